The van der Waals surface area contributed by atoms with Crippen molar-refractivity contribution in [3.05, 3.63) is 47.8 Å². The zero-order chi connectivity index (χ0) is 25.9. The Kier molecular flexibility index (Phi) is 7.74. The van der Waals surface area contributed by atoms with Gasteiger partial charge < -0.3 is 14.2 Å². The van der Waals surface area contributed by atoms with Crippen molar-refractivity contribution in [2.24, 2.45) is 0 Å². The van der Waals surface area contributed by atoms with Crippen LogP contribution in [-0.2, 0) is 14.8 Å². The van der Waals surface area contributed by atoms with E-state index in [0.717, 1.165) is 25.0 Å². The van der Waals surface area contributed by atoms with Crippen molar-refractivity contribution in [2.45, 2.75) is 57.3 Å². The topological polar surface area (TPSA) is 130 Å². The van der Waals surface area contributed by atoms with Gasteiger partial charge in [0.25, 0.3) is 0 Å². The van der Waals surface area contributed by atoms with Crippen molar-refractivity contribution in [3.8, 4) is 17.2 Å². The molecule has 194 valence electrons. The van der Waals surface area contributed by atoms with Gasteiger partial charge in [0.15, 0.2) is 5.82 Å². The van der Waals surface area contributed by atoms with Crippen molar-refractivity contribution in [1.82, 2.24) is 24.7 Å². The predicted octanol–water partition coefficient (Wildman–Crippen LogP) is 3.56. The molecule has 1 saturated heterocycles. The number of hydrogen-bond acceptors (Lipinski definition) is 9. The zero-order valence-corrected chi connectivity index (χ0v) is 21.9. The molecule has 4 rings (SSSR count). The highest BCUT2D eigenvalue weighted by atomic mass is 32.2. The Bertz CT molecular complexity index is 1270. The van der Waals surface area contributed by atoms with E-state index in [1.807, 2.05) is 6.92 Å². The molecule has 1 aliphatic rings. The van der Waals surface area contributed by atoms with Crippen LogP contribution in [-0.4, -0.2) is 59.2 Å². The lowest BCUT2D eigenvalue weighted by Crippen LogP contribution is -2.31. The third kappa shape index (κ3) is 5.14. The van der Waals surface area contributed by atoms with E-state index in [-0.39, 0.29) is 12.1 Å². The first-order valence-corrected chi connectivity index (χ1v) is 13.4. The van der Waals surface area contributed by atoms with E-state index < -0.39 is 21.2 Å². The van der Waals surface area contributed by atoms with Gasteiger partial charge in [0.1, 0.15) is 23.3 Å². The minimum Gasteiger partial charge on any atom is -0.494 e. The first-order chi connectivity index (χ1) is 17.3. The van der Waals surface area contributed by atoms with Crippen LogP contribution in [0.5, 0.6) is 11.5 Å². The Balaban J connectivity index is 1.77. The Morgan fingerprint density at radius 1 is 1.08 bits per heavy atom. The average molecular weight is 517 g/mol. The number of methoxy groups -OCH3 is 2. The third-order valence-corrected chi connectivity index (χ3v) is 8.33. The van der Waals surface area contributed by atoms with Crippen molar-refractivity contribution >= 4 is 16.0 Å². The second-order valence-corrected chi connectivity index (χ2v) is 10.8. The van der Waals surface area contributed by atoms with Gasteiger partial charge in [-0.15, -0.1) is 10.2 Å². The van der Waals surface area contributed by atoms with E-state index in [1.165, 1.54) is 14.2 Å². The molecule has 1 aliphatic heterocycles. The van der Waals surface area contributed by atoms with E-state index in [2.05, 4.69) is 24.9 Å². The minimum absolute atomic E-state index is 0.0241. The number of nitrogens with one attached hydrogen (secondary N) is 1. The molecule has 1 aromatic carbocycles. The van der Waals surface area contributed by atoms with Gasteiger partial charge in [-0.05, 0) is 45.2 Å². The largest absolute Gasteiger partial charge is 0.494 e. The number of rotatable bonds is 9. The molecule has 0 amide bonds. The summed E-state index contributed by atoms with van der Waals surface area (Å²) >= 11 is 0. The second kappa shape index (κ2) is 10.8. The Labute approximate surface area is 211 Å². The summed E-state index contributed by atoms with van der Waals surface area (Å²) in [5, 5.41) is 7.74. The van der Waals surface area contributed by atoms with Crippen molar-refractivity contribution in [2.75, 3.05) is 25.5 Å². The van der Waals surface area contributed by atoms with Gasteiger partial charge in [-0.3, -0.25) is 19.3 Å². The lowest BCUT2D eigenvalue weighted by atomic mass is 10.1. The van der Waals surface area contributed by atoms with Gasteiger partial charge in [0.05, 0.1) is 30.9 Å². The molecule has 2 aromatic heterocycles. The molecule has 3 atom stereocenters. The number of para-hydroxylation sites is 1. The van der Waals surface area contributed by atoms with E-state index in [4.69, 9.17) is 14.2 Å². The molecule has 0 aliphatic carbocycles. The fourth-order valence-electron chi connectivity index (χ4n) is 4.15. The molecule has 1 N–H and O–H groups in total. The number of aromatic nitrogens is 5. The first kappa shape index (κ1) is 25.8. The number of aryl methyl sites for hydroxylation is 1. The van der Waals surface area contributed by atoms with Gasteiger partial charge in [-0.25, -0.2) is 8.42 Å². The number of benzene rings is 1. The molecule has 0 saturated carbocycles. The van der Waals surface area contributed by atoms with E-state index in [0.29, 0.717) is 35.3 Å². The molecule has 36 heavy (non-hydrogen) atoms. The third-order valence-electron chi connectivity index (χ3n) is 6.48. The van der Waals surface area contributed by atoms with Crippen LogP contribution >= 0.6 is 0 Å². The van der Waals surface area contributed by atoms with Crippen LogP contribution in [0.4, 0.5) is 5.95 Å². The highest BCUT2D eigenvalue weighted by molar-refractivity contribution is 7.93. The molecule has 0 spiro atoms. The maximum absolute atomic E-state index is 13.5. The lowest BCUT2D eigenvalue weighted by molar-refractivity contribution is 0.00839. The molecule has 0 radical (unpaired) electrons. The summed E-state index contributed by atoms with van der Waals surface area (Å²) in [6.45, 7) is 5.85. The van der Waals surface area contributed by atoms with Crippen molar-refractivity contribution in [3.63, 3.8) is 0 Å². The summed E-state index contributed by atoms with van der Waals surface area (Å²) in [4.78, 5) is 8.61. The Hall–Kier alpha value is -3.25. The average Bonchev–Trinajstić information content (AvgIpc) is 3.30. The molecule has 0 bridgehead atoms. The van der Waals surface area contributed by atoms with Crippen LogP contribution in [0, 0.1) is 6.92 Å². The summed E-state index contributed by atoms with van der Waals surface area (Å²) in [5.41, 5.74) is 1.83. The van der Waals surface area contributed by atoms with Gasteiger partial charge >= 0.3 is 0 Å². The molecule has 12 heteroatoms. The second-order valence-electron chi connectivity index (χ2n) is 8.81. The molecule has 11 nitrogen and oxygen atoms in total. The van der Waals surface area contributed by atoms with Gasteiger partial charge in [0.2, 0.25) is 16.0 Å². The van der Waals surface area contributed by atoms with Crippen LogP contribution < -0.4 is 14.2 Å². The highest BCUT2D eigenvalue weighted by Crippen LogP contribution is 2.39. The Morgan fingerprint density at radius 3 is 2.39 bits per heavy atom. The van der Waals surface area contributed by atoms with Crippen LogP contribution in [0.15, 0.2) is 30.6 Å². The number of nitrogens with zero attached hydrogens (tertiary/aromatic N) is 5. The Morgan fingerprint density at radius 2 is 1.81 bits per heavy atom. The number of ether oxygens (including phenoxy) is 3. The highest BCUT2D eigenvalue weighted by Gasteiger charge is 2.33. The van der Waals surface area contributed by atoms with Gasteiger partial charge in [-0.2, -0.15) is 0 Å². The first-order valence-electron chi connectivity index (χ1n) is 11.8. The van der Waals surface area contributed by atoms with Crippen LogP contribution in [0.3, 0.4) is 0 Å². The molecule has 3 aromatic rings. The summed E-state index contributed by atoms with van der Waals surface area (Å²) in [5.74, 6) is 1.02. The minimum atomic E-state index is -3.92. The van der Waals surface area contributed by atoms with Crippen LogP contribution in [0.25, 0.3) is 5.69 Å². The number of hydrogen-bond donors (Lipinski definition) is 1. The molecular weight excluding hydrogens is 484 g/mol. The quantitative estimate of drug-likeness (QED) is 0.453. The maximum atomic E-state index is 13.5. The van der Waals surface area contributed by atoms with Crippen molar-refractivity contribution in [1.29, 1.82) is 0 Å². The van der Waals surface area contributed by atoms with E-state index >= 15 is 0 Å². The van der Waals surface area contributed by atoms with Gasteiger partial charge in [-0.1, -0.05) is 13.0 Å². The van der Waals surface area contributed by atoms with Crippen LogP contribution in [0.1, 0.15) is 62.3 Å². The normalized spacial score (nSPS) is 17.9. The molecule has 1 fully saturated rings. The summed E-state index contributed by atoms with van der Waals surface area (Å²) in [6.07, 6.45) is 5.54. The fraction of sp³-hybridized carbons (Fsp3) is 0.500. The summed E-state index contributed by atoms with van der Waals surface area (Å²) < 4.78 is 48.5. The molecule has 3 heterocycles. The molecular formula is C24H32N6O5S. The smallest absolute Gasteiger partial charge is 0.243 e. The predicted molar refractivity (Wildman–Crippen MR) is 134 cm³/mol. The van der Waals surface area contributed by atoms with E-state index in [1.54, 1.807) is 49.0 Å². The lowest BCUT2D eigenvalue weighted by Gasteiger charge is -2.25. The SMILES string of the molecule is COc1cccc(OC)c1-n1c(NS(=O)(=O)C(C)C(C)c2cnc(C)cn2)nnc1[C@H]1CCCCO1. The monoisotopic (exact) mass is 516 g/mol. The summed E-state index contributed by atoms with van der Waals surface area (Å²) in [6, 6.07) is 5.32. The van der Waals surface area contributed by atoms with Crippen molar-refractivity contribution < 1.29 is 22.6 Å². The standard InChI is InChI=1S/C24H32N6O5S/c1-15-13-26-18(14-25-15)16(2)17(3)36(31,32)29-24-28-27-23(21-9-6-7-12-35-21)30(24)22-19(33-4)10-8-11-20(22)34-5/h8,10-11,13-14,16-17,21H,6-7,9,12H2,1-5H3,(H,28,29)/t16?,17?,21-/m1/s1. The zero-order valence-electron chi connectivity index (χ0n) is 21.1. The molecule has 2 unspecified atom stereocenters. The number of sulfonamides is 1. The number of anilines is 1. The fourth-order valence-corrected chi connectivity index (χ4v) is 5.40. The summed E-state index contributed by atoms with van der Waals surface area (Å²) in [7, 11) is -0.847. The maximum Gasteiger partial charge on any atom is 0.243 e. The van der Waals surface area contributed by atoms with Crippen LogP contribution in [0.2, 0.25) is 0 Å². The van der Waals surface area contributed by atoms with Gasteiger partial charge in [0, 0.05) is 24.9 Å². The van der Waals surface area contributed by atoms with E-state index in [9.17, 15) is 8.42 Å².